The lowest BCUT2D eigenvalue weighted by molar-refractivity contribution is -0.132. The van der Waals surface area contributed by atoms with Crippen LogP contribution >= 0.6 is 0 Å². The third kappa shape index (κ3) is 5.81. The summed E-state index contributed by atoms with van der Waals surface area (Å²) in [5, 5.41) is 7.15. The number of benzene rings is 1. The number of aromatic nitrogens is 2. The molecule has 0 bridgehead atoms. The molecule has 1 fully saturated rings. The minimum Gasteiger partial charge on any atom is -0.356 e. The largest absolute Gasteiger partial charge is 0.356 e. The molecule has 1 aromatic heterocycles. The highest BCUT2D eigenvalue weighted by atomic mass is 16.2. The first-order chi connectivity index (χ1) is 13.2. The molecular formula is C21H26N4O2. The molecule has 0 saturated carbocycles. The Balaban J connectivity index is 1.35. The molecule has 1 N–H and O–H groups in total. The summed E-state index contributed by atoms with van der Waals surface area (Å²) in [6.45, 7) is 2.71. The number of hydrogen-bond acceptors (Lipinski definition) is 3. The van der Waals surface area contributed by atoms with Gasteiger partial charge in [-0.1, -0.05) is 30.3 Å². The highest BCUT2D eigenvalue weighted by Gasteiger charge is 2.26. The molecule has 6 heteroatoms. The summed E-state index contributed by atoms with van der Waals surface area (Å²) in [4.78, 5) is 26.4. The maximum Gasteiger partial charge on any atom is 0.246 e. The van der Waals surface area contributed by atoms with E-state index in [-0.39, 0.29) is 17.7 Å². The molecule has 3 rings (SSSR count). The van der Waals surface area contributed by atoms with E-state index in [2.05, 4.69) is 10.4 Å². The van der Waals surface area contributed by atoms with Gasteiger partial charge in [0.15, 0.2) is 0 Å². The fourth-order valence-electron chi connectivity index (χ4n) is 3.23. The Bertz CT molecular complexity index is 748. The summed E-state index contributed by atoms with van der Waals surface area (Å²) in [5.74, 6) is 0.108. The molecule has 0 unspecified atom stereocenters. The van der Waals surface area contributed by atoms with E-state index in [0.717, 1.165) is 31.4 Å². The SMILES string of the molecule is O=C(NCCCn1cccn1)C1CCN(C(=O)/C=C/c2ccccc2)CC1. The maximum absolute atomic E-state index is 12.3. The second kappa shape index (κ2) is 9.71. The second-order valence-corrected chi connectivity index (χ2v) is 6.76. The van der Waals surface area contributed by atoms with Gasteiger partial charge in [-0.15, -0.1) is 0 Å². The normalized spacial score (nSPS) is 15.2. The van der Waals surface area contributed by atoms with Crippen LogP contribution in [-0.2, 0) is 16.1 Å². The molecule has 142 valence electrons. The fourth-order valence-corrected chi connectivity index (χ4v) is 3.23. The van der Waals surface area contributed by atoms with Gasteiger partial charge in [0.05, 0.1) is 0 Å². The molecule has 1 saturated heterocycles. The highest BCUT2D eigenvalue weighted by Crippen LogP contribution is 2.18. The summed E-state index contributed by atoms with van der Waals surface area (Å²) in [6.07, 6.45) is 9.41. The molecular weight excluding hydrogens is 340 g/mol. The van der Waals surface area contributed by atoms with Crippen molar-refractivity contribution in [3.05, 3.63) is 60.4 Å². The van der Waals surface area contributed by atoms with Crippen molar-refractivity contribution in [2.75, 3.05) is 19.6 Å². The average molecular weight is 366 g/mol. The zero-order valence-corrected chi connectivity index (χ0v) is 15.5. The molecule has 6 nitrogen and oxygen atoms in total. The van der Waals surface area contributed by atoms with E-state index in [4.69, 9.17) is 0 Å². The number of nitrogens with one attached hydrogen (secondary N) is 1. The Morgan fingerprint density at radius 1 is 1.15 bits per heavy atom. The van der Waals surface area contributed by atoms with E-state index < -0.39 is 0 Å². The van der Waals surface area contributed by atoms with Crippen LogP contribution in [0.15, 0.2) is 54.9 Å². The van der Waals surface area contributed by atoms with Crippen LogP contribution in [0.25, 0.3) is 6.08 Å². The minimum atomic E-state index is -0.00291. The summed E-state index contributed by atoms with van der Waals surface area (Å²) in [6, 6.07) is 11.7. The van der Waals surface area contributed by atoms with Crippen molar-refractivity contribution in [1.82, 2.24) is 20.0 Å². The van der Waals surface area contributed by atoms with E-state index in [1.54, 1.807) is 12.3 Å². The van der Waals surface area contributed by atoms with E-state index in [1.165, 1.54) is 0 Å². The monoisotopic (exact) mass is 366 g/mol. The Hall–Kier alpha value is -2.89. The molecule has 0 atom stereocenters. The lowest BCUT2D eigenvalue weighted by Gasteiger charge is -2.30. The number of nitrogens with zero attached hydrogens (tertiary/aromatic N) is 3. The minimum absolute atomic E-state index is 0.00291. The Kier molecular flexibility index (Phi) is 6.79. The quantitative estimate of drug-likeness (QED) is 0.604. The predicted octanol–water partition coefficient (Wildman–Crippen LogP) is 2.34. The first kappa shape index (κ1) is 18.9. The zero-order valence-electron chi connectivity index (χ0n) is 15.5. The van der Waals surface area contributed by atoms with Gasteiger partial charge in [0.1, 0.15) is 0 Å². The number of amides is 2. The van der Waals surface area contributed by atoms with Crippen molar-refractivity contribution in [3.8, 4) is 0 Å². The summed E-state index contributed by atoms with van der Waals surface area (Å²) in [7, 11) is 0. The Morgan fingerprint density at radius 2 is 1.93 bits per heavy atom. The maximum atomic E-state index is 12.3. The average Bonchev–Trinajstić information content (AvgIpc) is 3.24. The van der Waals surface area contributed by atoms with Crippen LogP contribution in [0, 0.1) is 5.92 Å². The van der Waals surface area contributed by atoms with E-state index >= 15 is 0 Å². The zero-order chi connectivity index (χ0) is 18.9. The first-order valence-electron chi connectivity index (χ1n) is 9.49. The van der Waals surface area contributed by atoms with Crippen LogP contribution in [0.5, 0.6) is 0 Å². The van der Waals surface area contributed by atoms with Gasteiger partial charge in [-0.05, 0) is 37.0 Å². The van der Waals surface area contributed by atoms with Crippen molar-refractivity contribution in [2.45, 2.75) is 25.8 Å². The lowest BCUT2D eigenvalue weighted by Crippen LogP contribution is -2.42. The second-order valence-electron chi connectivity index (χ2n) is 6.76. The topological polar surface area (TPSA) is 67.2 Å². The van der Waals surface area contributed by atoms with Gasteiger partial charge >= 0.3 is 0 Å². The van der Waals surface area contributed by atoms with Crippen molar-refractivity contribution < 1.29 is 9.59 Å². The number of carbonyl (C=O) groups excluding carboxylic acids is 2. The van der Waals surface area contributed by atoms with Crippen LogP contribution < -0.4 is 5.32 Å². The molecule has 0 spiro atoms. The molecule has 2 amide bonds. The van der Waals surface area contributed by atoms with Crippen LogP contribution in [0.1, 0.15) is 24.8 Å². The molecule has 1 aromatic carbocycles. The Morgan fingerprint density at radius 3 is 2.63 bits per heavy atom. The van der Waals surface area contributed by atoms with Crippen LogP contribution in [0.3, 0.4) is 0 Å². The summed E-state index contributed by atoms with van der Waals surface area (Å²) >= 11 is 0. The third-order valence-corrected chi connectivity index (χ3v) is 4.82. The van der Waals surface area contributed by atoms with E-state index in [9.17, 15) is 9.59 Å². The molecule has 0 radical (unpaired) electrons. The van der Waals surface area contributed by atoms with Gasteiger partial charge in [0.2, 0.25) is 11.8 Å². The number of aryl methyl sites for hydroxylation is 1. The van der Waals surface area contributed by atoms with Crippen molar-refractivity contribution in [2.24, 2.45) is 5.92 Å². The fraction of sp³-hybridized carbons (Fsp3) is 0.381. The first-order valence-corrected chi connectivity index (χ1v) is 9.49. The highest BCUT2D eigenvalue weighted by molar-refractivity contribution is 5.92. The number of likely N-dealkylation sites (tertiary alicyclic amines) is 1. The van der Waals surface area contributed by atoms with E-state index in [1.807, 2.05) is 58.3 Å². The third-order valence-electron chi connectivity index (χ3n) is 4.82. The van der Waals surface area contributed by atoms with Crippen LogP contribution in [-0.4, -0.2) is 46.1 Å². The predicted molar refractivity (Wildman–Crippen MR) is 105 cm³/mol. The molecule has 2 aromatic rings. The molecule has 1 aliphatic rings. The summed E-state index contributed by atoms with van der Waals surface area (Å²) < 4.78 is 1.86. The van der Waals surface area contributed by atoms with Gasteiger partial charge < -0.3 is 10.2 Å². The van der Waals surface area contributed by atoms with Crippen LogP contribution in [0.4, 0.5) is 0 Å². The van der Waals surface area contributed by atoms with Crippen molar-refractivity contribution in [3.63, 3.8) is 0 Å². The number of hydrogen-bond donors (Lipinski definition) is 1. The smallest absolute Gasteiger partial charge is 0.246 e. The van der Waals surface area contributed by atoms with Crippen LogP contribution in [0.2, 0.25) is 0 Å². The standard InChI is InChI=1S/C21H26N4O2/c26-20(9-8-18-6-2-1-3-7-18)24-16-10-19(11-17-24)21(27)22-12-4-14-25-15-5-13-23-25/h1-3,5-9,13,15,19H,4,10-12,14,16-17H2,(H,22,27)/b9-8+. The van der Waals surface area contributed by atoms with Gasteiger partial charge in [-0.2, -0.15) is 5.10 Å². The number of piperidine rings is 1. The molecule has 1 aliphatic heterocycles. The number of rotatable bonds is 7. The Labute approximate surface area is 159 Å². The van der Waals surface area contributed by atoms with Gasteiger partial charge in [-0.3, -0.25) is 14.3 Å². The van der Waals surface area contributed by atoms with Gasteiger partial charge in [-0.25, -0.2) is 0 Å². The summed E-state index contributed by atoms with van der Waals surface area (Å²) in [5.41, 5.74) is 1.01. The van der Waals surface area contributed by atoms with Gasteiger partial charge in [0, 0.05) is 50.6 Å². The van der Waals surface area contributed by atoms with E-state index in [0.29, 0.717) is 19.6 Å². The number of carbonyl (C=O) groups is 2. The van der Waals surface area contributed by atoms with Crippen molar-refractivity contribution in [1.29, 1.82) is 0 Å². The lowest BCUT2D eigenvalue weighted by atomic mass is 9.96. The van der Waals surface area contributed by atoms with Gasteiger partial charge in [0.25, 0.3) is 0 Å². The molecule has 0 aliphatic carbocycles. The van der Waals surface area contributed by atoms with Crippen molar-refractivity contribution >= 4 is 17.9 Å². The molecule has 27 heavy (non-hydrogen) atoms. The molecule has 2 heterocycles.